The van der Waals surface area contributed by atoms with Gasteiger partial charge in [0.25, 0.3) is 0 Å². The van der Waals surface area contributed by atoms with Crippen molar-refractivity contribution in [3.8, 4) is 0 Å². The monoisotopic (exact) mass is 228 g/mol. The molecule has 2 N–H and O–H groups in total. The summed E-state index contributed by atoms with van der Waals surface area (Å²) in [5.74, 6) is 0. The lowest BCUT2D eigenvalue weighted by atomic mass is 10.1. The Labute approximate surface area is 98.1 Å². The molecule has 0 radical (unpaired) electrons. The summed E-state index contributed by atoms with van der Waals surface area (Å²) in [6, 6.07) is 0. The summed E-state index contributed by atoms with van der Waals surface area (Å²) in [6.07, 6.45) is 4.05. The van der Waals surface area contributed by atoms with Crippen LogP contribution in [0.3, 0.4) is 0 Å². The summed E-state index contributed by atoms with van der Waals surface area (Å²) in [6.45, 7) is 7.01. The molecule has 1 atom stereocenters. The Kier molecular flexibility index (Phi) is 5.22. The number of β-amino-alcohol motifs (C(OH)–C–C–N with tert-alkyl or cyclic N) is 1. The van der Waals surface area contributed by atoms with E-state index in [9.17, 15) is 5.11 Å². The van der Waals surface area contributed by atoms with Crippen molar-refractivity contribution in [1.82, 2.24) is 5.32 Å². The topological polar surface area (TPSA) is 53.8 Å². The Hall–Kier alpha value is -0.610. The van der Waals surface area contributed by atoms with Crippen molar-refractivity contribution >= 4 is 5.71 Å². The predicted molar refractivity (Wildman–Crippen MR) is 65.6 cm³/mol. The largest absolute Gasteiger partial charge is 0.393 e. The van der Waals surface area contributed by atoms with Gasteiger partial charge in [0.2, 0.25) is 0 Å². The van der Waals surface area contributed by atoms with E-state index in [0.29, 0.717) is 6.54 Å². The molecule has 0 amide bonds. The van der Waals surface area contributed by atoms with Crippen LogP contribution in [0.5, 0.6) is 0 Å². The van der Waals surface area contributed by atoms with Gasteiger partial charge in [0, 0.05) is 12.1 Å². The van der Waals surface area contributed by atoms with E-state index in [0.717, 1.165) is 18.6 Å². The molecule has 1 unspecified atom stereocenters. The Bertz CT molecular complexity index is 226. The maximum absolute atomic E-state index is 9.63. The fraction of sp³-hybridized carbons (Fsp3) is 0.917. The normalized spacial score (nSPS) is 18.6. The Morgan fingerprint density at radius 1 is 1.38 bits per heavy atom. The Balaban J connectivity index is 2.10. The third-order valence-electron chi connectivity index (χ3n) is 2.51. The molecule has 94 valence electrons. The number of aliphatic hydroxyl groups is 1. The molecule has 1 rings (SSSR count). The van der Waals surface area contributed by atoms with Crippen molar-refractivity contribution < 1.29 is 9.94 Å². The summed E-state index contributed by atoms with van der Waals surface area (Å²) in [7, 11) is 0. The number of hydrogen-bond acceptors (Lipinski definition) is 4. The first-order chi connectivity index (χ1) is 7.47. The van der Waals surface area contributed by atoms with Crippen LogP contribution in [-0.2, 0) is 4.84 Å². The van der Waals surface area contributed by atoms with E-state index in [1.54, 1.807) is 0 Å². The van der Waals surface area contributed by atoms with Crippen LogP contribution in [0, 0.1) is 0 Å². The second-order valence-electron chi connectivity index (χ2n) is 5.45. The van der Waals surface area contributed by atoms with Crippen molar-refractivity contribution in [2.75, 3.05) is 13.2 Å². The highest BCUT2D eigenvalue weighted by molar-refractivity contribution is 5.85. The van der Waals surface area contributed by atoms with Gasteiger partial charge in [0.15, 0.2) is 0 Å². The third kappa shape index (κ3) is 6.08. The van der Waals surface area contributed by atoms with E-state index in [1.165, 1.54) is 12.8 Å². The SMILES string of the molecule is CC(C)(C)NCC(O)CON=C1CCCC1. The third-order valence-corrected chi connectivity index (χ3v) is 2.51. The summed E-state index contributed by atoms with van der Waals surface area (Å²) < 4.78 is 0. The number of oxime groups is 1. The molecule has 0 aromatic carbocycles. The minimum atomic E-state index is -0.495. The number of hydrogen-bond donors (Lipinski definition) is 2. The van der Waals surface area contributed by atoms with Gasteiger partial charge in [-0.3, -0.25) is 0 Å². The molecular weight excluding hydrogens is 204 g/mol. The van der Waals surface area contributed by atoms with Gasteiger partial charge in [0.05, 0.1) is 5.71 Å². The molecule has 16 heavy (non-hydrogen) atoms. The minimum Gasteiger partial charge on any atom is -0.393 e. The van der Waals surface area contributed by atoms with Crippen LogP contribution in [-0.4, -0.2) is 35.6 Å². The van der Waals surface area contributed by atoms with Gasteiger partial charge in [-0.25, -0.2) is 0 Å². The number of rotatable bonds is 5. The Morgan fingerprint density at radius 2 is 2.00 bits per heavy atom. The van der Waals surface area contributed by atoms with Gasteiger partial charge in [-0.2, -0.15) is 0 Å². The van der Waals surface area contributed by atoms with Crippen LogP contribution in [0.1, 0.15) is 46.5 Å². The molecular formula is C12H24N2O2. The molecule has 0 heterocycles. The highest BCUT2D eigenvalue weighted by atomic mass is 16.6. The lowest BCUT2D eigenvalue weighted by molar-refractivity contribution is 0.0369. The molecule has 1 aliphatic rings. The van der Waals surface area contributed by atoms with Crippen molar-refractivity contribution in [1.29, 1.82) is 0 Å². The van der Waals surface area contributed by atoms with E-state index >= 15 is 0 Å². The molecule has 0 aromatic rings. The van der Waals surface area contributed by atoms with Crippen molar-refractivity contribution in [3.05, 3.63) is 0 Å². The molecule has 1 aliphatic carbocycles. The lowest BCUT2D eigenvalue weighted by Gasteiger charge is -2.22. The zero-order chi connectivity index (χ0) is 12.0. The molecule has 0 aromatic heterocycles. The first-order valence-corrected chi connectivity index (χ1v) is 6.08. The molecule has 1 saturated carbocycles. The first-order valence-electron chi connectivity index (χ1n) is 6.08. The zero-order valence-corrected chi connectivity index (χ0v) is 10.6. The van der Waals surface area contributed by atoms with Crippen LogP contribution >= 0.6 is 0 Å². The second-order valence-corrected chi connectivity index (χ2v) is 5.45. The van der Waals surface area contributed by atoms with Gasteiger partial charge in [-0.15, -0.1) is 0 Å². The minimum absolute atomic E-state index is 0.0261. The molecule has 0 bridgehead atoms. The Morgan fingerprint density at radius 3 is 2.56 bits per heavy atom. The molecule has 4 heteroatoms. The molecule has 0 spiro atoms. The first kappa shape index (κ1) is 13.5. The summed E-state index contributed by atoms with van der Waals surface area (Å²) in [5.41, 5.74) is 1.16. The van der Waals surface area contributed by atoms with Crippen LogP contribution in [0.15, 0.2) is 5.16 Å². The molecule has 1 fully saturated rings. The molecule has 0 saturated heterocycles. The van der Waals surface area contributed by atoms with E-state index in [1.807, 2.05) is 0 Å². The number of nitrogens with zero attached hydrogens (tertiary/aromatic N) is 1. The van der Waals surface area contributed by atoms with Crippen molar-refractivity contribution in [2.24, 2.45) is 5.16 Å². The maximum atomic E-state index is 9.63. The number of nitrogens with one attached hydrogen (secondary N) is 1. The molecule has 4 nitrogen and oxygen atoms in total. The van der Waals surface area contributed by atoms with Gasteiger partial charge >= 0.3 is 0 Å². The van der Waals surface area contributed by atoms with E-state index in [2.05, 4.69) is 31.2 Å². The van der Waals surface area contributed by atoms with E-state index < -0.39 is 6.10 Å². The van der Waals surface area contributed by atoms with E-state index in [4.69, 9.17) is 4.84 Å². The van der Waals surface area contributed by atoms with Crippen LogP contribution in [0.25, 0.3) is 0 Å². The van der Waals surface area contributed by atoms with Crippen molar-refractivity contribution in [3.63, 3.8) is 0 Å². The maximum Gasteiger partial charge on any atom is 0.144 e. The fourth-order valence-corrected chi connectivity index (χ4v) is 1.57. The quantitative estimate of drug-likeness (QED) is 0.704. The lowest BCUT2D eigenvalue weighted by Crippen LogP contribution is -2.42. The number of aliphatic hydroxyl groups excluding tert-OH is 1. The predicted octanol–water partition coefficient (Wildman–Crippen LogP) is 1.68. The summed E-state index contributed by atoms with van der Waals surface area (Å²) >= 11 is 0. The van der Waals surface area contributed by atoms with Gasteiger partial charge in [-0.1, -0.05) is 5.16 Å². The highest BCUT2D eigenvalue weighted by Gasteiger charge is 2.13. The summed E-state index contributed by atoms with van der Waals surface area (Å²) in [5, 5.41) is 16.9. The van der Waals surface area contributed by atoms with Crippen LogP contribution in [0.4, 0.5) is 0 Å². The van der Waals surface area contributed by atoms with Crippen LogP contribution in [0.2, 0.25) is 0 Å². The fourth-order valence-electron chi connectivity index (χ4n) is 1.57. The van der Waals surface area contributed by atoms with Crippen molar-refractivity contribution in [2.45, 2.75) is 58.1 Å². The average Bonchev–Trinajstić information content (AvgIpc) is 2.66. The second kappa shape index (κ2) is 6.21. The standard InChI is InChI=1S/C12H24N2O2/c1-12(2,3)13-8-11(15)9-16-14-10-6-4-5-7-10/h11,13,15H,4-9H2,1-3H3. The zero-order valence-electron chi connectivity index (χ0n) is 10.6. The summed E-state index contributed by atoms with van der Waals surface area (Å²) in [4.78, 5) is 5.14. The smallest absolute Gasteiger partial charge is 0.144 e. The van der Waals surface area contributed by atoms with E-state index in [-0.39, 0.29) is 12.1 Å². The average molecular weight is 228 g/mol. The van der Waals surface area contributed by atoms with Crippen LogP contribution < -0.4 is 5.32 Å². The van der Waals surface area contributed by atoms with Gasteiger partial charge in [0.1, 0.15) is 12.7 Å². The van der Waals surface area contributed by atoms with Gasteiger partial charge in [-0.05, 0) is 46.5 Å². The molecule has 0 aliphatic heterocycles. The highest BCUT2D eigenvalue weighted by Crippen LogP contribution is 2.14. The van der Waals surface area contributed by atoms with Gasteiger partial charge < -0.3 is 15.3 Å².